The summed E-state index contributed by atoms with van der Waals surface area (Å²) in [5, 5.41) is 1.86. The number of hydrogen-bond acceptors (Lipinski definition) is 2. The van der Waals surface area contributed by atoms with Gasteiger partial charge in [-0.3, -0.25) is 0 Å². The number of hydrogen-bond donors (Lipinski definition) is 0. The Morgan fingerprint density at radius 2 is 2.00 bits per heavy atom. The second kappa shape index (κ2) is 5.14. The van der Waals surface area contributed by atoms with Crippen molar-refractivity contribution < 1.29 is 13.5 Å². The fourth-order valence-corrected chi connectivity index (χ4v) is 3.01. The van der Waals surface area contributed by atoms with Gasteiger partial charge in [0.15, 0.2) is 11.6 Å². The molecule has 1 aromatic heterocycles. The summed E-state index contributed by atoms with van der Waals surface area (Å²) in [6.45, 7) is 0. The molecule has 2 aromatic rings. The molecule has 90 valence electrons. The maximum absolute atomic E-state index is 13.1. The Labute approximate surface area is 110 Å². The molecule has 0 fully saturated rings. The summed E-state index contributed by atoms with van der Waals surface area (Å²) < 4.78 is 31.0. The van der Waals surface area contributed by atoms with E-state index in [1.807, 2.05) is 11.4 Å². The Hall–Kier alpha value is -0.940. The third-order valence-corrected chi connectivity index (χ3v) is 4.62. The van der Waals surface area contributed by atoms with Crippen molar-refractivity contribution in [2.45, 2.75) is 4.83 Å². The molecule has 0 aliphatic rings. The van der Waals surface area contributed by atoms with Crippen molar-refractivity contribution in [2.24, 2.45) is 0 Å². The molecule has 0 aliphatic heterocycles. The van der Waals surface area contributed by atoms with Crippen molar-refractivity contribution in [3.8, 4) is 5.75 Å². The van der Waals surface area contributed by atoms with Gasteiger partial charge >= 0.3 is 0 Å². The molecule has 5 heteroatoms. The fourth-order valence-electron chi connectivity index (χ4n) is 1.41. The van der Waals surface area contributed by atoms with Gasteiger partial charge in [0.2, 0.25) is 0 Å². The van der Waals surface area contributed by atoms with Gasteiger partial charge in [0, 0.05) is 10.3 Å². The van der Waals surface area contributed by atoms with E-state index in [-0.39, 0.29) is 4.83 Å². The zero-order chi connectivity index (χ0) is 12.4. The molecule has 1 nitrogen and oxygen atoms in total. The van der Waals surface area contributed by atoms with Gasteiger partial charge in [-0.1, -0.05) is 22.0 Å². The quantitative estimate of drug-likeness (QED) is 0.756. The van der Waals surface area contributed by atoms with E-state index in [2.05, 4.69) is 15.9 Å². The van der Waals surface area contributed by atoms with Crippen LogP contribution in [-0.4, -0.2) is 7.11 Å². The Bertz CT molecular complexity index is 527. The number of benzene rings is 1. The van der Waals surface area contributed by atoms with Crippen LogP contribution in [0.5, 0.6) is 5.75 Å². The Kier molecular flexibility index (Phi) is 3.79. The van der Waals surface area contributed by atoms with Crippen molar-refractivity contribution in [1.29, 1.82) is 0 Å². The molecule has 1 heterocycles. The molecular formula is C12H9BrF2OS. The van der Waals surface area contributed by atoms with Crippen LogP contribution >= 0.6 is 27.3 Å². The zero-order valence-corrected chi connectivity index (χ0v) is 11.3. The molecule has 1 unspecified atom stereocenters. The van der Waals surface area contributed by atoms with Crippen molar-refractivity contribution in [3.05, 3.63) is 51.7 Å². The number of rotatable bonds is 3. The molecule has 1 aromatic carbocycles. The Morgan fingerprint density at radius 1 is 1.24 bits per heavy atom. The summed E-state index contributed by atoms with van der Waals surface area (Å²) >= 11 is 4.96. The predicted molar refractivity (Wildman–Crippen MR) is 68.0 cm³/mol. The van der Waals surface area contributed by atoms with Gasteiger partial charge in [0.05, 0.1) is 11.9 Å². The highest BCUT2D eigenvalue weighted by molar-refractivity contribution is 9.09. The minimum Gasteiger partial charge on any atom is -0.496 e. The summed E-state index contributed by atoms with van der Waals surface area (Å²) in [6.07, 6.45) is 0. The maximum Gasteiger partial charge on any atom is 0.159 e. The molecule has 1 atom stereocenters. The number of thiophene rings is 1. The van der Waals surface area contributed by atoms with Crippen LogP contribution in [0.4, 0.5) is 8.78 Å². The Balaban J connectivity index is 2.29. The first-order chi connectivity index (χ1) is 8.11. The summed E-state index contributed by atoms with van der Waals surface area (Å²) in [6, 6.07) is 5.75. The highest BCUT2D eigenvalue weighted by Gasteiger charge is 2.15. The molecule has 0 aliphatic carbocycles. The second-order valence-corrected chi connectivity index (χ2v) is 5.28. The van der Waals surface area contributed by atoms with Crippen molar-refractivity contribution in [3.63, 3.8) is 0 Å². The van der Waals surface area contributed by atoms with E-state index in [0.29, 0.717) is 5.56 Å². The van der Waals surface area contributed by atoms with E-state index in [1.165, 1.54) is 17.4 Å². The smallest absolute Gasteiger partial charge is 0.159 e. The molecule has 0 bridgehead atoms. The lowest BCUT2D eigenvalue weighted by atomic mass is 10.1. The predicted octanol–water partition coefficient (Wildman–Crippen LogP) is 4.52. The minimum absolute atomic E-state index is 0.161. The number of ether oxygens (including phenoxy) is 1. The highest BCUT2D eigenvalue weighted by Crippen LogP contribution is 2.37. The number of methoxy groups -OCH3 is 1. The topological polar surface area (TPSA) is 9.23 Å². The largest absolute Gasteiger partial charge is 0.496 e. The lowest BCUT2D eigenvalue weighted by molar-refractivity contribution is 0.416. The third kappa shape index (κ3) is 2.66. The van der Waals surface area contributed by atoms with Crippen LogP contribution in [0.15, 0.2) is 29.6 Å². The molecule has 0 saturated heterocycles. The Morgan fingerprint density at radius 3 is 2.59 bits per heavy atom. The van der Waals surface area contributed by atoms with Crippen LogP contribution in [0, 0.1) is 11.6 Å². The first kappa shape index (κ1) is 12.5. The molecular weight excluding hydrogens is 310 g/mol. The lowest BCUT2D eigenvalue weighted by Crippen LogP contribution is -1.93. The van der Waals surface area contributed by atoms with E-state index >= 15 is 0 Å². The summed E-state index contributed by atoms with van der Waals surface area (Å²) in [4.78, 5) is 0.819. The normalized spacial score (nSPS) is 12.5. The monoisotopic (exact) mass is 318 g/mol. The van der Waals surface area contributed by atoms with Crippen molar-refractivity contribution in [1.82, 2.24) is 0 Å². The average Bonchev–Trinajstić information content (AvgIpc) is 2.80. The van der Waals surface area contributed by atoms with Crippen molar-refractivity contribution in [2.75, 3.05) is 7.11 Å². The second-order valence-electron chi connectivity index (χ2n) is 3.43. The van der Waals surface area contributed by atoms with Crippen LogP contribution in [0.2, 0.25) is 0 Å². The van der Waals surface area contributed by atoms with Gasteiger partial charge in [0.25, 0.3) is 0 Å². The van der Waals surface area contributed by atoms with Gasteiger partial charge in [-0.15, -0.1) is 11.3 Å². The highest BCUT2D eigenvalue weighted by atomic mass is 79.9. The third-order valence-electron chi connectivity index (χ3n) is 2.32. The first-order valence-electron chi connectivity index (χ1n) is 4.83. The standard InChI is InChI=1S/C12H9BrF2OS/c1-16-8-5-11(17-6-8)12(13)7-2-3-9(14)10(15)4-7/h2-6,12H,1H3. The average molecular weight is 319 g/mol. The summed E-state index contributed by atoms with van der Waals surface area (Å²) in [5.41, 5.74) is 0.674. The van der Waals surface area contributed by atoms with E-state index in [0.717, 1.165) is 16.7 Å². The van der Waals surface area contributed by atoms with Gasteiger partial charge in [-0.2, -0.15) is 0 Å². The van der Waals surface area contributed by atoms with Crippen LogP contribution in [0.1, 0.15) is 15.3 Å². The summed E-state index contributed by atoms with van der Waals surface area (Å²) in [5.74, 6) is -0.912. The van der Waals surface area contributed by atoms with E-state index in [1.54, 1.807) is 13.2 Å². The van der Waals surface area contributed by atoms with Gasteiger partial charge in [-0.25, -0.2) is 8.78 Å². The van der Waals surface area contributed by atoms with Crippen LogP contribution in [-0.2, 0) is 0 Å². The van der Waals surface area contributed by atoms with E-state index < -0.39 is 11.6 Å². The van der Waals surface area contributed by atoms with Crippen LogP contribution < -0.4 is 4.74 Å². The maximum atomic E-state index is 13.1. The summed E-state index contributed by atoms with van der Waals surface area (Å²) in [7, 11) is 1.59. The van der Waals surface area contributed by atoms with Gasteiger partial charge < -0.3 is 4.74 Å². The van der Waals surface area contributed by atoms with E-state index in [9.17, 15) is 8.78 Å². The molecule has 2 rings (SSSR count). The fraction of sp³-hybridized carbons (Fsp3) is 0.167. The minimum atomic E-state index is -0.838. The van der Waals surface area contributed by atoms with E-state index in [4.69, 9.17) is 4.74 Å². The van der Waals surface area contributed by atoms with Gasteiger partial charge in [0.1, 0.15) is 5.75 Å². The van der Waals surface area contributed by atoms with Crippen LogP contribution in [0.3, 0.4) is 0 Å². The van der Waals surface area contributed by atoms with Gasteiger partial charge in [-0.05, 0) is 23.8 Å². The molecule has 0 radical (unpaired) electrons. The molecule has 17 heavy (non-hydrogen) atoms. The van der Waals surface area contributed by atoms with Crippen molar-refractivity contribution >= 4 is 27.3 Å². The zero-order valence-electron chi connectivity index (χ0n) is 8.91. The number of halogens is 3. The SMILES string of the molecule is COc1csc(C(Br)c2ccc(F)c(F)c2)c1. The van der Waals surface area contributed by atoms with Crippen LogP contribution in [0.25, 0.3) is 0 Å². The molecule has 0 N–H and O–H groups in total. The first-order valence-corrected chi connectivity index (χ1v) is 6.63. The molecule has 0 spiro atoms. The lowest BCUT2D eigenvalue weighted by Gasteiger charge is -2.08. The number of alkyl halides is 1. The molecule has 0 saturated carbocycles. The molecule has 0 amide bonds.